The van der Waals surface area contributed by atoms with E-state index in [4.69, 9.17) is 9.47 Å². The molecule has 1 heterocycles. The van der Waals surface area contributed by atoms with Crippen molar-refractivity contribution in [2.75, 3.05) is 31.7 Å². The first-order valence-corrected chi connectivity index (χ1v) is 6.65. The monoisotopic (exact) mass is 280 g/mol. The quantitative estimate of drug-likeness (QED) is 0.624. The van der Waals surface area contributed by atoms with Gasteiger partial charge in [-0.25, -0.2) is 0 Å². The van der Waals surface area contributed by atoms with Gasteiger partial charge in [-0.3, -0.25) is 10.1 Å². The molecule has 20 heavy (non-hydrogen) atoms. The van der Waals surface area contributed by atoms with Gasteiger partial charge in [0.15, 0.2) is 0 Å². The molecule has 2 rings (SSSR count). The Bertz CT molecular complexity index is 492. The third-order valence-electron chi connectivity index (χ3n) is 3.35. The average Bonchev–Trinajstić information content (AvgIpc) is 2.38. The lowest BCUT2D eigenvalue weighted by Gasteiger charge is -2.37. The smallest absolute Gasteiger partial charge is 0.292 e. The number of ether oxygens (including phenoxy) is 2. The Morgan fingerprint density at radius 1 is 1.50 bits per heavy atom. The maximum atomic E-state index is 11.2. The molecule has 2 unspecified atom stereocenters. The number of morpholine rings is 1. The minimum absolute atomic E-state index is 0.0183. The summed E-state index contributed by atoms with van der Waals surface area (Å²) < 4.78 is 10.9. The summed E-state index contributed by atoms with van der Waals surface area (Å²) in [4.78, 5) is 12.9. The largest absolute Gasteiger partial charge is 0.382 e. The third kappa shape index (κ3) is 3.26. The zero-order valence-electron chi connectivity index (χ0n) is 12.0. The molecule has 110 valence electrons. The lowest BCUT2D eigenvalue weighted by Crippen LogP contribution is -2.48. The molecular weight excluding hydrogens is 260 g/mol. The van der Waals surface area contributed by atoms with Gasteiger partial charge in [0.25, 0.3) is 5.69 Å². The van der Waals surface area contributed by atoms with Crippen LogP contribution in [0.3, 0.4) is 0 Å². The van der Waals surface area contributed by atoms with E-state index in [2.05, 4.69) is 0 Å². The molecule has 0 aromatic heterocycles. The highest BCUT2D eigenvalue weighted by molar-refractivity contribution is 5.64. The molecule has 1 aromatic carbocycles. The first-order valence-electron chi connectivity index (χ1n) is 6.65. The van der Waals surface area contributed by atoms with Crippen molar-refractivity contribution >= 4 is 11.4 Å². The van der Waals surface area contributed by atoms with E-state index in [1.807, 2.05) is 30.9 Å². The van der Waals surface area contributed by atoms with Gasteiger partial charge >= 0.3 is 0 Å². The summed E-state index contributed by atoms with van der Waals surface area (Å²) in [5.74, 6) is 0. The second-order valence-electron chi connectivity index (χ2n) is 5.18. The van der Waals surface area contributed by atoms with Crippen molar-refractivity contribution in [2.45, 2.75) is 26.1 Å². The SMILES string of the molecule is COCC1CN(c2ccc(C)cc2[N+](=O)[O-])CC(C)O1. The van der Waals surface area contributed by atoms with E-state index in [1.54, 1.807) is 13.2 Å². The Labute approximate surface area is 118 Å². The van der Waals surface area contributed by atoms with Crippen molar-refractivity contribution in [3.05, 3.63) is 33.9 Å². The number of rotatable bonds is 4. The fourth-order valence-corrected chi connectivity index (χ4v) is 2.57. The second-order valence-corrected chi connectivity index (χ2v) is 5.18. The van der Waals surface area contributed by atoms with Crippen LogP contribution in [-0.4, -0.2) is 43.9 Å². The summed E-state index contributed by atoms with van der Waals surface area (Å²) in [6, 6.07) is 5.32. The standard InChI is InChI=1S/C14H20N2O4/c1-10-4-5-13(14(6-10)16(17)18)15-7-11(2)20-12(8-15)9-19-3/h4-6,11-12H,7-9H2,1-3H3. The minimum Gasteiger partial charge on any atom is -0.382 e. The second kappa shape index (κ2) is 6.19. The van der Waals surface area contributed by atoms with E-state index in [0.29, 0.717) is 25.4 Å². The zero-order valence-corrected chi connectivity index (χ0v) is 12.0. The van der Waals surface area contributed by atoms with E-state index in [1.165, 1.54) is 0 Å². The minimum atomic E-state index is -0.326. The Hall–Kier alpha value is -1.66. The Morgan fingerprint density at radius 3 is 2.90 bits per heavy atom. The normalized spacial score (nSPS) is 22.9. The number of nitro benzene ring substituents is 1. The highest BCUT2D eigenvalue weighted by Crippen LogP contribution is 2.31. The molecule has 0 spiro atoms. The molecule has 1 aliphatic rings. The Morgan fingerprint density at radius 2 is 2.25 bits per heavy atom. The predicted molar refractivity (Wildman–Crippen MR) is 76.3 cm³/mol. The number of nitrogens with zero attached hydrogens (tertiary/aromatic N) is 2. The first-order chi connectivity index (χ1) is 9.51. The van der Waals surface area contributed by atoms with E-state index >= 15 is 0 Å². The molecule has 0 radical (unpaired) electrons. The van der Waals surface area contributed by atoms with Crippen molar-refractivity contribution in [3.63, 3.8) is 0 Å². The summed E-state index contributed by atoms with van der Waals surface area (Å²) >= 11 is 0. The highest BCUT2D eigenvalue weighted by atomic mass is 16.6. The number of benzene rings is 1. The molecule has 0 bridgehead atoms. The maximum absolute atomic E-state index is 11.2. The van der Waals surface area contributed by atoms with E-state index < -0.39 is 0 Å². The van der Waals surface area contributed by atoms with E-state index in [0.717, 1.165) is 5.56 Å². The molecule has 1 saturated heterocycles. The molecule has 6 heteroatoms. The summed E-state index contributed by atoms with van der Waals surface area (Å²) in [6.45, 7) is 5.55. The van der Waals surface area contributed by atoms with Crippen molar-refractivity contribution in [1.29, 1.82) is 0 Å². The predicted octanol–water partition coefficient (Wildman–Crippen LogP) is 2.14. The molecule has 2 atom stereocenters. The molecule has 0 saturated carbocycles. The summed E-state index contributed by atoms with van der Waals surface area (Å²) in [7, 11) is 1.63. The number of nitro groups is 1. The average molecular weight is 280 g/mol. The Balaban J connectivity index is 2.28. The van der Waals surface area contributed by atoms with Crippen molar-refractivity contribution in [2.24, 2.45) is 0 Å². The van der Waals surface area contributed by atoms with Crippen LogP contribution in [0.25, 0.3) is 0 Å². The first kappa shape index (κ1) is 14.7. The molecule has 0 amide bonds. The molecule has 0 N–H and O–H groups in total. The third-order valence-corrected chi connectivity index (χ3v) is 3.35. The van der Waals surface area contributed by atoms with Gasteiger partial charge in [-0.1, -0.05) is 6.07 Å². The lowest BCUT2D eigenvalue weighted by molar-refractivity contribution is -0.384. The van der Waals surface area contributed by atoms with Crippen LogP contribution in [0.5, 0.6) is 0 Å². The molecule has 1 fully saturated rings. The van der Waals surface area contributed by atoms with Crippen LogP contribution in [0.15, 0.2) is 18.2 Å². The van der Waals surface area contributed by atoms with Gasteiger partial charge in [-0.15, -0.1) is 0 Å². The maximum Gasteiger partial charge on any atom is 0.292 e. The summed E-state index contributed by atoms with van der Waals surface area (Å²) in [5, 5.41) is 11.2. The van der Waals surface area contributed by atoms with Gasteiger partial charge in [-0.05, 0) is 25.5 Å². The molecular formula is C14H20N2O4. The molecule has 1 aliphatic heterocycles. The fourth-order valence-electron chi connectivity index (χ4n) is 2.57. The summed E-state index contributed by atoms with van der Waals surface area (Å²) in [6.07, 6.45) is -0.0468. The number of aryl methyl sites for hydroxylation is 1. The van der Waals surface area contributed by atoms with Gasteiger partial charge < -0.3 is 14.4 Å². The van der Waals surface area contributed by atoms with Crippen LogP contribution in [0.4, 0.5) is 11.4 Å². The highest BCUT2D eigenvalue weighted by Gasteiger charge is 2.29. The van der Waals surface area contributed by atoms with Gasteiger partial charge in [0.1, 0.15) is 5.69 Å². The van der Waals surface area contributed by atoms with Gasteiger partial charge in [0.2, 0.25) is 0 Å². The van der Waals surface area contributed by atoms with Gasteiger partial charge in [-0.2, -0.15) is 0 Å². The van der Waals surface area contributed by atoms with Crippen LogP contribution in [-0.2, 0) is 9.47 Å². The van der Waals surface area contributed by atoms with Crippen LogP contribution in [0.1, 0.15) is 12.5 Å². The number of anilines is 1. The van der Waals surface area contributed by atoms with Crippen molar-refractivity contribution in [3.8, 4) is 0 Å². The van der Waals surface area contributed by atoms with Gasteiger partial charge in [0.05, 0.1) is 23.7 Å². The Kier molecular flexibility index (Phi) is 4.57. The van der Waals surface area contributed by atoms with Crippen molar-refractivity contribution in [1.82, 2.24) is 0 Å². The molecule has 6 nitrogen and oxygen atoms in total. The zero-order chi connectivity index (χ0) is 14.7. The molecule has 1 aromatic rings. The van der Waals surface area contributed by atoms with E-state index in [9.17, 15) is 10.1 Å². The number of methoxy groups -OCH3 is 1. The van der Waals surface area contributed by atoms with Crippen LogP contribution >= 0.6 is 0 Å². The van der Waals surface area contributed by atoms with Crippen LogP contribution in [0, 0.1) is 17.0 Å². The van der Waals surface area contributed by atoms with Crippen LogP contribution < -0.4 is 4.90 Å². The summed E-state index contributed by atoms with van der Waals surface area (Å²) in [5.41, 5.74) is 1.68. The number of hydrogen-bond donors (Lipinski definition) is 0. The number of hydrogen-bond acceptors (Lipinski definition) is 5. The van der Waals surface area contributed by atoms with Gasteiger partial charge in [0, 0.05) is 26.3 Å². The lowest BCUT2D eigenvalue weighted by atomic mass is 10.1. The van der Waals surface area contributed by atoms with Crippen LogP contribution in [0.2, 0.25) is 0 Å². The van der Waals surface area contributed by atoms with Crippen molar-refractivity contribution < 1.29 is 14.4 Å². The topological polar surface area (TPSA) is 64.8 Å². The fraction of sp³-hybridized carbons (Fsp3) is 0.571. The molecule has 0 aliphatic carbocycles. The van der Waals surface area contributed by atoms with E-state index in [-0.39, 0.29) is 22.8 Å².